The highest BCUT2D eigenvalue weighted by Gasteiger charge is 2.06. The number of carbonyl (C=O) groups is 1. The van der Waals surface area contributed by atoms with Crippen LogP contribution in [0.15, 0.2) is 53.0 Å². The Bertz CT molecular complexity index is 614. The summed E-state index contributed by atoms with van der Waals surface area (Å²) in [5, 5.41) is 15.0. The number of benzene rings is 2. The lowest BCUT2D eigenvalue weighted by molar-refractivity contribution is 0.199. The Labute approximate surface area is 126 Å². The standard InChI is InChI=1S/C15H15BrN2O2/c1-10(19)11-5-4-6-12(9-11)17-15(20)18-14-8-3-2-7-13(14)16/h2-10,19H,1H3,(H2,17,18,20). The monoisotopic (exact) mass is 334 g/mol. The third kappa shape index (κ3) is 3.82. The maximum atomic E-state index is 11.9. The molecule has 2 rings (SSSR count). The Balaban J connectivity index is 2.05. The van der Waals surface area contributed by atoms with Crippen LogP contribution in [0.2, 0.25) is 0 Å². The summed E-state index contributed by atoms with van der Waals surface area (Å²) in [5.41, 5.74) is 2.08. The van der Waals surface area contributed by atoms with E-state index in [0.29, 0.717) is 11.4 Å². The SMILES string of the molecule is CC(O)c1cccc(NC(=O)Nc2ccccc2Br)c1. The van der Waals surface area contributed by atoms with Crippen LogP contribution < -0.4 is 10.6 Å². The van der Waals surface area contributed by atoms with Crippen LogP contribution in [0, 0.1) is 0 Å². The van der Waals surface area contributed by atoms with Crippen molar-refractivity contribution in [3.63, 3.8) is 0 Å². The maximum absolute atomic E-state index is 11.9. The van der Waals surface area contributed by atoms with E-state index in [9.17, 15) is 9.90 Å². The molecule has 3 N–H and O–H groups in total. The van der Waals surface area contributed by atoms with Crippen molar-refractivity contribution in [2.45, 2.75) is 13.0 Å². The summed E-state index contributed by atoms with van der Waals surface area (Å²) in [6.07, 6.45) is -0.567. The van der Waals surface area contributed by atoms with Crippen LogP contribution >= 0.6 is 15.9 Å². The minimum Gasteiger partial charge on any atom is -0.389 e. The van der Waals surface area contributed by atoms with E-state index >= 15 is 0 Å². The first-order valence-electron chi connectivity index (χ1n) is 6.17. The zero-order valence-electron chi connectivity index (χ0n) is 10.9. The first-order valence-corrected chi connectivity index (χ1v) is 6.96. The number of anilines is 2. The number of rotatable bonds is 3. The quantitative estimate of drug-likeness (QED) is 0.789. The van der Waals surface area contributed by atoms with Gasteiger partial charge >= 0.3 is 6.03 Å². The van der Waals surface area contributed by atoms with Gasteiger partial charge in [-0.1, -0.05) is 24.3 Å². The van der Waals surface area contributed by atoms with Gasteiger partial charge in [0.1, 0.15) is 0 Å². The van der Waals surface area contributed by atoms with Gasteiger partial charge < -0.3 is 15.7 Å². The van der Waals surface area contributed by atoms with Gasteiger partial charge in [0, 0.05) is 10.2 Å². The molecule has 20 heavy (non-hydrogen) atoms. The van der Waals surface area contributed by atoms with Crippen LogP contribution in [0.3, 0.4) is 0 Å². The minimum atomic E-state index is -0.567. The van der Waals surface area contributed by atoms with Crippen LogP contribution in [0.1, 0.15) is 18.6 Å². The summed E-state index contributed by atoms with van der Waals surface area (Å²) in [4.78, 5) is 11.9. The van der Waals surface area contributed by atoms with Crippen LogP contribution in [-0.2, 0) is 0 Å². The van der Waals surface area contributed by atoms with Crippen LogP contribution in [-0.4, -0.2) is 11.1 Å². The highest BCUT2D eigenvalue weighted by atomic mass is 79.9. The van der Waals surface area contributed by atoms with Crippen molar-refractivity contribution < 1.29 is 9.90 Å². The molecule has 104 valence electrons. The molecule has 0 aliphatic heterocycles. The minimum absolute atomic E-state index is 0.334. The van der Waals surface area contributed by atoms with E-state index in [1.54, 1.807) is 31.2 Å². The van der Waals surface area contributed by atoms with Gasteiger partial charge in [-0.05, 0) is 52.7 Å². The number of para-hydroxylation sites is 1. The molecule has 0 saturated heterocycles. The number of hydrogen-bond donors (Lipinski definition) is 3. The average Bonchev–Trinajstić information content (AvgIpc) is 2.41. The van der Waals surface area contributed by atoms with Gasteiger partial charge in [0.05, 0.1) is 11.8 Å². The summed E-state index contributed by atoms with van der Waals surface area (Å²) in [7, 11) is 0. The van der Waals surface area contributed by atoms with E-state index in [2.05, 4.69) is 26.6 Å². The van der Waals surface area contributed by atoms with E-state index in [1.807, 2.05) is 24.3 Å². The van der Waals surface area contributed by atoms with Gasteiger partial charge in [0.25, 0.3) is 0 Å². The predicted molar refractivity (Wildman–Crippen MR) is 83.9 cm³/mol. The molecule has 0 aliphatic carbocycles. The van der Waals surface area contributed by atoms with E-state index in [1.165, 1.54) is 0 Å². The van der Waals surface area contributed by atoms with Crippen LogP contribution in [0.4, 0.5) is 16.2 Å². The largest absolute Gasteiger partial charge is 0.389 e. The van der Waals surface area contributed by atoms with E-state index < -0.39 is 6.10 Å². The van der Waals surface area contributed by atoms with Crippen molar-refractivity contribution in [3.05, 3.63) is 58.6 Å². The van der Waals surface area contributed by atoms with Crippen LogP contribution in [0.25, 0.3) is 0 Å². The summed E-state index contributed by atoms with van der Waals surface area (Å²) in [6, 6.07) is 14.1. The lowest BCUT2D eigenvalue weighted by Gasteiger charge is -2.11. The Morgan fingerprint density at radius 3 is 2.60 bits per heavy atom. The van der Waals surface area contributed by atoms with Gasteiger partial charge in [-0.25, -0.2) is 4.79 Å². The molecule has 0 heterocycles. The highest BCUT2D eigenvalue weighted by Crippen LogP contribution is 2.22. The van der Waals surface area contributed by atoms with Gasteiger partial charge in [0.2, 0.25) is 0 Å². The fraction of sp³-hybridized carbons (Fsp3) is 0.133. The topological polar surface area (TPSA) is 61.4 Å². The fourth-order valence-electron chi connectivity index (χ4n) is 1.72. The Morgan fingerprint density at radius 1 is 1.15 bits per heavy atom. The Morgan fingerprint density at radius 2 is 1.90 bits per heavy atom. The second-order valence-corrected chi connectivity index (χ2v) is 5.21. The number of halogens is 1. The average molecular weight is 335 g/mol. The van der Waals surface area contributed by atoms with Gasteiger partial charge in [-0.15, -0.1) is 0 Å². The second kappa shape index (κ2) is 6.54. The van der Waals surface area contributed by atoms with E-state index in [-0.39, 0.29) is 6.03 Å². The number of aliphatic hydroxyl groups excluding tert-OH is 1. The van der Waals surface area contributed by atoms with Gasteiger partial charge in [-0.3, -0.25) is 0 Å². The lowest BCUT2D eigenvalue weighted by atomic mass is 10.1. The fourth-order valence-corrected chi connectivity index (χ4v) is 2.11. The summed E-state index contributed by atoms with van der Waals surface area (Å²) in [5.74, 6) is 0. The molecule has 0 radical (unpaired) electrons. The lowest BCUT2D eigenvalue weighted by Crippen LogP contribution is -2.19. The molecule has 2 aromatic carbocycles. The summed E-state index contributed by atoms with van der Waals surface area (Å²) < 4.78 is 0.813. The molecule has 0 saturated carbocycles. The second-order valence-electron chi connectivity index (χ2n) is 4.36. The van der Waals surface area contributed by atoms with Crippen molar-refractivity contribution in [2.24, 2.45) is 0 Å². The molecule has 0 spiro atoms. The van der Waals surface area contributed by atoms with Gasteiger partial charge in [0.15, 0.2) is 0 Å². The summed E-state index contributed by atoms with van der Waals surface area (Å²) >= 11 is 3.37. The number of nitrogens with one attached hydrogen (secondary N) is 2. The normalized spacial score (nSPS) is 11.8. The Kier molecular flexibility index (Phi) is 4.76. The molecular weight excluding hydrogens is 320 g/mol. The molecule has 0 aliphatic rings. The van der Waals surface area contributed by atoms with Crippen molar-refractivity contribution >= 4 is 33.3 Å². The highest BCUT2D eigenvalue weighted by molar-refractivity contribution is 9.10. The number of aliphatic hydroxyl groups is 1. The smallest absolute Gasteiger partial charge is 0.323 e. The van der Waals surface area contributed by atoms with Crippen molar-refractivity contribution in [1.82, 2.24) is 0 Å². The number of amides is 2. The van der Waals surface area contributed by atoms with Crippen molar-refractivity contribution in [2.75, 3.05) is 10.6 Å². The zero-order chi connectivity index (χ0) is 14.5. The summed E-state index contributed by atoms with van der Waals surface area (Å²) in [6.45, 7) is 1.68. The molecule has 2 aromatic rings. The van der Waals surface area contributed by atoms with E-state index in [0.717, 1.165) is 10.0 Å². The molecular formula is C15H15BrN2O2. The maximum Gasteiger partial charge on any atom is 0.323 e. The molecule has 2 amide bonds. The van der Waals surface area contributed by atoms with Gasteiger partial charge in [-0.2, -0.15) is 0 Å². The molecule has 0 aromatic heterocycles. The number of urea groups is 1. The predicted octanol–water partition coefficient (Wildman–Crippen LogP) is 4.15. The van der Waals surface area contributed by atoms with Crippen molar-refractivity contribution in [1.29, 1.82) is 0 Å². The van der Waals surface area contributed by atoms with Crippen LogP contribution in [0.5, 0.6) is 0 Å². The first-order chi connectivity index (χ1) is 9.56. The third-order valence-corrected chi connectivity index (χ3v) is 3.44. The third-order valence-electron chi connectivity index (χ3n) is 2.75. The zero-order valence-corrected chi connectivity index (χ0v) is 12.5. The molecule has 1 unspecified atom stereocenters. The van der Waals surface area contributed by atoms with E-state index in [4.69, 9.17) is 0 Å². The number of carbonyl (C=O) groups excluding carboxylic acids is 1. The molecule has 0 fully saturated rings. The number of hydrogen-bond acceptors (Lipinski definition) is 2. The van der Waals surface area contributed by atoms with Crippen molar-refractivity contribution in [3.8, 4) is 0 Å². The molecule has 0 bridgehead atoms. The first kappa shape index (κ1) is 14.6. The Hall–Kier alpha value is -1.85. The molecule has 5 heteroatoms. The molecule has 1 atom stereocenters. The molecule has 4 nitrogen and oxygen atoms in total.